The summed E-state index contributed by atoms with van der Waals surface area (Å²) < 4.78 is 0. The molecule has 4 rings (SSSR count). The van der Waals surface area contributed by atoms with Gasteiger partial charge in [0.25, 0.3) is 0 Å². The number of fused-ring (bicyclic) bond motifs is 1. The molecule has 160 valence electrons. The van der Waals surface area contributed by atoms with Crippen LogP contribution in [0.2, 0.25) is 5.02 Å². The number of aliphatic hydroxyl groups is 1. The van der Waals surface area contributed by atoms with E-state index in [-0.39, 0.29) is 0 Å². The van der Waals surface area contributed by atoms with Crippen molar-refractivity contribution in [2.24, 2.45) is 0 Å². The lowest BCUT2D eigenvalue weighted by atomic mass is 9.93. The molecule has 0 aliphatic heterocycles. The van der Waals surface area contributed by atoms with Crippen molar-refractivity contribution in [2.45, 2.75) is 25.9 Å². The lowest BCUT2D eigenvalue weighted by molar-refractivity contribution is 0.0784. The van der Waals surface area contributed by atoms with Gasteiger partial charge in [0.2, 0.25) is 0 Å². The fourth-order valence-corrected chi connectivity index (χ4v) is 3.89. The summed E-state index contributed by atoms with van der Waals surface area (Å²) in [7, 11) is 0. The van der Waals surface area contributed by atoms with Gasteiger partial charge in [0.1, 0.15) is 0 Å². The van der Waals surface area contributed by atoms with Gasteiger partial charge in [-0.1, -0.05) is 90.5 Å². The zero-order chi connectivity index (χ0) is 22.6. The normalized spacial score (nSPS) is 12.2. The molecule has 0 fully saturated rings. The van der Waals surface area contributed by atoms with Gasteiger partial charge in [-0.05, 0) is 66.8 Å². The van der Waals surface area contributed by atoms with Crippen molar-refractivity contribution in [3.8, 4) is 0 Å². The molecule has 0 spiro atoms. The zero-order valence-electron chi connectivity index (χ0n) is 18.3. The van der Waals surface area contributed by atoms with Gasteiger partial charge in [0, 0.05) is 10.4 Å². The Balaban J connectivity index is 1.48. The van der Waals surface area contributed by atoms with Gasteiger partial charge in [-0.15, -0.1) is 0 Å². The Morgan fingerprint density at radius 3 is 2.53 bits per heavy atom. The second kappa shape index (κ2) is 9.52. The van der Waals surface area contributed by atoms with Crippen LogP contribution >= 0.6 is 11.6 Å². The van der Waals surface area contributed by atoms with Crippen molar-refractivity contribution < 1.29 is 5.11 Å². The van der Waals surface area contributed by atoms with Crippen LogP contribution in [0.25, 0.3) is 29.1 Å². The highest BCUT2D eigenvalue weighted by Gasteiger charge is 2.17. The molecular formula is C29H26ClNO. The quantitative estimate of drug-likeness (QED) is 0.336. The first-order chi connectivity index (χ1) is 15.4. The molecule has 0 atom stereocenters. The highest BCUT2D eigenvalue weighted by Crippen LogP contribution is 2.25. The van der Waals surface area contributed by atoms with Crippen LogP contribution in [-0.2, 0) is 12.0 Å². The Morgan fingerprint density at radius 2 is 1.69 bits per heavy atom. The Hall–Kier alpha value is -3.20. The van der Waals surface area contributed by atoms with E-state index in [1.54, 1.807) is 0 Å². The van der Waals surface area contributed by atoms with Gasteiger partial charge in [0.15, 0.2) is 0 Å². The summed E-state index contributed by atoms with van der Waals surface area (Å²) in [5.74, 6) is 0. The summed E-state index contributed by atoms with van der Waals surface area (Å²) in [6.07, 6.45) is 9.14. The number of hydrogen-bond acceptors (Lipinski definition) is 2. The lowest BCUT2D eigenvalue weighted by Crippen LogP contribution is -2.16. The lowest BCUT2D eigenvalue weighted by Gasteiger charge is -2.20. The molecule has 3 aromatic carbocycles. The Labute approximate surface area is 194 Å². The van der Waals surface area contributed by atoms with E-state index < -0.39 is 5.60 Å². The second-order valence-corrected chi connectivity index (χ2v) is 8.84. The number of nitrogens with zero attached hydrogens (tertiary/aromatic N) is 1. The van der Waals surface area contributed by atoms with Crippen LogP contribution in [0.15, 0.2) is 84.9 Å². The Morgan fingerprint density at radius 1 is 0.875 bits per heavy atom. The van der Waals surface area contributed by atoms with Crippen LogP contribution in [0.1, 0.15) is 41.8 Å². The minimum Gasteiger partial charge on any atom is -0.386 e. The van der Waals surface area contributed by atoms with Crippen LogP contribution in [0.4, 0.5) is 0 Å². The van der Waals surface area contributed by atoms with Crippen molar-refractivity contribution >= 4 is 40.7 Å². The first-order valence-corrected chi connectivity index (χ1v) is 11.1. The molecule has 0 unspecified atom stereocenters. The molecule has 32 heavy (non-hydrogen) atoms. The number of hydrogen-bond donors (Lipinski definition) is 1. The third-order valence-electron chi connectivity index (χ3n) is 5.34. The van der Waals surface area contributed by atoms with Crippen molar-refractivity contribution in [3.63, 3.8) is 0 Å². The molecular weight excluding hydrogens is 414 g/mol. The monoisotopic (exact) mass is 439 g/mol. The highest BCUT2D eigenvalue weighted by atomic mass is 35.5. The molecule has 0 aliphatic carbocycles. The average Bonchev–Trinajstić information content (AvgIpc) is 2.77. The van der Waals surface area contributed by atoms with E-state index in [9.17, 15) is 5.11 Å². The van der Waals surface area contributed by atoms with Gasteiger partial charge < -0.3 is 5.11 Å². The molecule has 3 heteroatoms. The van der Waals surface area contributed by atoms with Crippen LogP contribution in [-0.4, -0.2) is 10.1 Å². The van der Waals surface area contributed by atoms with Crippen molar-refractivity contribution in [1.82, 2.24) is 4.98 Å². The van der Waals surface area contributed by atoms with Crippen LogP contribution < -0.4 is 0 Å². The molecule has 1 N–H and O–H groups in total. The Bertz CT molecular complexity index is 1300. The summed E-state index contributed by atoms with van der Waals surface area (Å²) in [5, 5.41) is 12.2. The third kappa shape index (κ3) is 5.53. The summed E-state index contributed by atoms with van der Waals surface area (Å²) >= 11 is 6.10. The minimum atomic E-state index is -0.867. The summed E-state index contributed by atoms with van der Waals surface area (Å²) in [4.78, 5) is 4.68. The maximum Gasteiger partial charge on any atom is 0.0846 e. The predicted molar refractivity (Wildman–Crippen MR) is 137 cm³/mol. The van der Waals surface area contributed by atoms with Crippen LogP contribution in [0.3, 0.4) is 0 Å². The molecule has 1 aromatic heterocycles. The van der Waals surface area contributed by atoms with Gasteiger partial charge in [-0.3, -0.25) is 0 Å². The maximum absolute atomic E-state index is 10.4. The standard InChI is InChI=1S/C29H26ClNO/c1-29(2,32)27-12-4-3-10-23(27)11-6-9-21-7-5-8-22(19-21)13-17-26-18-15-24-14-16-25(30)20-28(24)31-26/h3-8,10-20,32H,9H2,1-2H3/b11-6+,17-13+. The number of pyridine rings is 1. The number of rotatable bonds is 6. The van der Waals surface area contributed by atoms with E-state index in [0.29, 0.717) is 5.02 Å². The van der Waals surface area contributed by atoms with E-state index in [2.05, 4.69) is 53.5 Å². The molecule has 0 radical (unpaired) electrons. The number of benzene rings is 3. The first-order valence-electron chi connectivity index (χ1n) is 10.7. The third-order valence-corrected chi connectivity index (χ3v) is 5.58. The van der Waals surface area contributed by atoms with E-state index in [0.717, 1.165) is 39.7 Å². The summed E-state index contributed by atoms with van der Waals surface area (Å²) in [6, 6.07) is 26.2. The van der Waals surface area contributed by atoms with Crippen molar-refractivity contribution in [3.05, 3.63) is 118 Å². The number of halogens is 1. The van der Waals surface area contributed by atoms with E-state index >= 15 is 0 Å². The highest BCUT2D eigenvalue weighted by molar-refractivity contribution is 6.31. The molecule has 0 bridgehead atoms. The Kier molecular flexibility index (Phi) is 6.55. The molecule has 0 saturated heterocycles. The van der Waals surface area contributed by atoms with Crippen molar-refractivity contribution in [1.29, 1.82) is 0 Å². The largest absolute Gasteiger partial charge is 0.386 e. The molecule has 0 aliphatic rings. The SMILES string of the molecule is CC(C)(O)c1ccccc1/C=C/Cc1cccc(/C=C/c2ccc3ccc(Cl)cc3n2)c1. The molecule has 4 aromatic rings. The fraction of sp³-hybridized carbons (Fsp3) is 0.138. The average molecular weight is 440 g/mol. The minimum absolute atomic E-state index is 0.692. The topological polar surface area (TPSA) is 33.1 Å². The van der Waals surface area contributed by atoms with Gasteiger partial charge in [-0.25, -0.2) is 4.98 Å². The van der Waals surface area contributed by atoms with E-state index in [1.165, 1.54) is 5.56 Å². The predicted octanol–water partition coefficient (Wildman–Crippen LogP) is 7.54. The first kappa shape index (κ1) is 22.0. The van der Waals surface area contributed by atoms with Gasteiger partial charge in [-0.2, -0.15) is 0 Å². The molecule has 0 saturated carbocycles. The second-order valence-electron chi connectivity index (χ2n) is 8.40. The summed E-state index contributed by atoms with van der Waals surface area (Å²) in [5.41, 5.74) is 5.24. The maximum atomic E-state index is 10.4. The number of aromatic nitrogens is 1. The number of allylic oxidation sites excluding steroid dienone is 1. The fourth-order valence-electron chi connectivity index (χ4n) is 3.73. The van der Waals surface area contributed by atoms with Gasteiger partial charge in [0.05, 0.1) is 16.8 Å². The van der Waals surface area contributed by atoms with Gasteiger partial charge >= 0.3 is 0 Å². The molecule has 1 heterocycles. The van der Waals surface area contributed by atoms with Crippen molar-refractivity contribution in [2.75, 3.05) is 0 Å². The van der Waals surface area contributed by atoms with Crippen LogP contribution in [0.5, 0.6) is 0 Å². The molecule has 0 amide bonds. The molecule has 2 nitrogen and oxygen atoms in total. The zero-order valence-corrected chi connectivity index (χ0v) is 19.1. The van der Waals surface area contributed by atoms with Crippen LogP contribution in [0, 0.1) is 0 Å². The van der Waals surface area contributed by atoms with E-state index in [4.69, 9.17) is 11.6 Å². The summed E-state index contributed by atoms with van der Waals surface area (Å²) in [6.45, 7) is 3.63. The van der Waals surface area contributed by atoms with E-state index in [1.807, 2.05) is 68.5 Å². The smallest absolute Gasteiger partial charge is 0.0846 e.